The molecule has 0 saturated carbocycles. The minimum absolute atomic E-state index is 0.159. The van der Waals surface area contributed by atoms with Crippen LogP contribution in [-0.2, 0) is 0 Å². The summed E-state index contributed by atoms with van der Waals surface area (Å²) in [6, 6.07) is 0. The van der Waals surface area contributed by atoms with Crippen molar-refractivity contribution in [2.45, 2.75) is 40.4 Å². The maximum atomic E-state index is 3.23. The van der Waals surface area contributed by atoms with Gasteiger partial charge in [0.25, 0.3) is 0 Å². The molecule has 0 amide bonds. The molecule has 0 aromatic rings. The van der Waals surface area contributed by atoms with Gasteiger partial charge in [0.1, 0.15) is 7.22 Å². The highest BCUT2D eigenvalue weighted by atomic mass is 32.4. The Morgan fingerprint density at radius 2 is 1.55 bits per heavy atom. The molecule has 64 valence electrons. The van der Waals surface area contributed by atoms with Crippen molar-refractivity contribution in [3.8, 4) is 11.2 Å². The van der Waals surface area contributed by atoms with Crippen LogP contribution in [0.1, 0.15) is 20.8 Å². The number of hydrogen-bond donors (Lipinski definition) is 0. The zero-order chi connectivity index (χ0) is 9.12. The standard InChI is InChI=1S/C9H18SSi/c1-9(2,3)7-8-10-11(4,5)6/h1-6H3. The molecule has 0 nitrogen and oxygen atoms in total. The van der Waals surface area contributed by atoms with Gasteiger partial charge in [-0.05, 0) is 26.0 Å². The predicted octanol–water partition coefficient (Wildman–Crippen LogP) is 3.56. The molecule has 0 aliphatic carbocycles. The summed E-state index contributed by atoms with van der Waals surface area (Å²) < 4.78 is 0. The lowest BCUT2D eigenvalue weighted by Crippen LogP contribution is -2.12. The molecule has 0 aliphatic rings. The van der Waals surface area contributed by atoms with Crippen LogP contribution in [0.2, 0.25) is 19.6 Å². The second-order valence-electron chi connectivity index (χ2n) is 4.69. The average Bonchev–Trinajstić information content (AvgIpc) is 1.55. The van der Waals surface area contributed by atoms with Crippen LogP contribution in [0, 0.1) is 16.6 Å². The third-order valence-electron chi connectivity index (χ3n) is 0.783. The van der Waals surface area contributed by atoms with Crippen molar-refractivity contribution < 1.29 is 0 Å². The van der Waals surface area contributed by atoms with Crippen molar-refractivity contribution in [1.29, 1.82) is 0 Å². The first-order chi connectivity index (χ1) is 4.71. The molecule has 0 aromatic carbocycles. The molecule has 0 aromatic heterocycles. The van der Waals surface area contributed by atoms with Crippen LogP contribution in [0.3, 0.4) is 0 Å². The maximum Gasteiger partial charge on any atom is 0.124 e. The van der Waals surface area contributed by atoms with Crippen LogP contribution in [0.4, 0.5) is 0 Å². The predicted molar refractivity (Wildman–Crippen MR) is 58.2 cm³/mol. The Bertz CT molecular complexity index is 172. The van der Waals surface area contributed by atoms with Crippen LogP contribution >= 0.6 is 11.2 Å². The summed E-state index contributed by atoms with van der Waals surface area (Å²) in [5.41, 5.74) is 0.159. The van der Waals surface area contributed by atoms with E-state index < -0.39 is 7.22 Å². The van der Waals surface area contributed by atoms with Gasteiger partial charge in [0.15, 0.2) is 0 Å². The minimum Gasteiger partial charge on any atom is -0.103 e. The van der Waals surface area contributed by atoms with E-state index in [0.29, 0.717) is 0 Å². The molecule has 0 aliphatic heterocycles. The molecule has 0 heterocycles. The molecular formula is C9H18SSi. The topological polar surface area (TPSA) is 0 Å². The van der Waals surface area contributed by atoms with E-state index >= 15 is 0 Å². The maximum absolute atomic E-state index is 3.23. The van der Waals surface area contributed by atoms with E-state index in [1.54, 1.807) is 0 Å². The average molecular weight is 186 g/mol. The van der Waals surface area contributed by atoms with Crippen molar-refractivity contribution in [2.75, 3.05) is 0 Å². The van der Waals surface area contributed by atoms with Gasteiger partial charge in [-0.15, -0.1) is 11.2 Å². The minimum atomic E-state index is -1.01. The number of hydrogen-bond acceptors (Lipinski definition) is 1. The van der Waals surface area contributed by atoms with E-state index in [4.69, 9.17) is 0 Å². The Morgan fingerprint density at radius 3 is 1.82 bits per heavy atom. The molecule has 11 heavy (non-hydrogen) atoms. The van der Waals surface area contributed by atoms with Gasteiger partial charge >= 0.3 is 0 Å². The Kier molecular flexibility index (Phi) is 3.73. The van der Waals surface area contributed by atoms with Crippen LogP contribution in [0.5, 0.6) is 0 Å². The molecule has 0 spiro atoms. The van der Waals surface area contributed by atoms with E-state index in [1.165, 1.54) is 0 Å². The Morgan fingerprint density at radius 1 is 1.09 bits per heavy atom. The molecule has 0 N–H and O–H groups in total. The van der Waals surface area contributed by atoms with Crippen LogP contribution in [-0.4, -0.2) is 7.22 Å². The van der Waals surface area contributed by atoms with Gasteiger partial charge in [-0.1, -0.05) is 25.6 Å². The first-order valence-electron chi connectivity index (χ1n) is 3.91. The third kappa shape index (κ3) is 10.1. The van der Waals surface area contributed by atoms with Gasteiger partial charge in [0, 0.05) is 5.41 Å². The summed E-state index contributed by atoms with van der Waals surface area (Å²) in [5.74, 6) is 3.23. The largest absolute Gasteiger partial charge is 0.124 e. The lowest BCUT2D eigenvalue weighted by atomic mass is 9.99. The van der Waals surface area contributed by atoms with Gasteiger partial charge in [-0.3, -0.25) is 0 Å². The van der Waals surface area contributed by atoms with E-state index in [2.05, 4.69) is 51.6 Å². The summed E-state index contributed by atoms with van der Waals surface area (Å²) in [4.78, 5) is 0. The quantitative estimate of drug-likeness (QED) is 0.446. The van der Waals surface area contributed by atoms with Gasteiger partial charge in [0.05, 0.1) is 0 Å². The van der Waals surface area contributed by atoms with E-state index in [9.17, 15) is 0 Å². The van der Waals surface area contributed by atoms with Gasteiger partial charge < -0.3 is 0 Å². The van der Waals surface area contributed by atoms with Crippen molar-refractivity contribution in [3.05, 3.63) is 0 Å². The Hall–Kier alpha value is 0.127. The van der Waals surface area contributed by atoms with Crippen molar-refractivity contribution >= 4 is 18.4 Å². The zero-order valence-corrected chi connectivity index (χ0v) is 10.2. The first kappa shape index (κ1) is 11.1. The van der Waals surface area contributed by atoms with E-state index in [0.717, 1.165) is 0 Å². The summed E-state index contributed by atoms with van der Waals surface area (Å²) in [5, 5.41) is 3.19. The highest BCUT2D eigenvalue weighted by Gasteiger charge is 2.12. The molecular weight excluding hydrogens is 168 g/mol. The molecule has 0 rings (SSSR count). The van der Waals surface area contributed by atoms with Gasteiger partial charge in [0.2, 0.25) is 0 Å². The van der Waals surface area contributed by atoms with Crippen LogP contribution in [0.25, 0.3) is 0 Å². The first-order valence-corrected chi connectivity index (χ1v) is 8.95. The smallest absolute Gasteiger partial charge is 0.103 e. The van der Waals surface area contributed by atoms with E-state index in [1.807, 2.05) is 11.2 Å². The van der Waals surface area contributed by atoms with Crippen molar-refractivity contribution in [1.82, 2.24) is 0 Å². The molecule has 2 heteroatoms. The molecule has 0 radical (unpaired) electrons. The Balaban J connectivity index is 3.94. The van der Waals surface area contributed by atoms with Gasteiger partial charge in [-0.25, -0.2) is 0 Å². The summed E-state index contributed by atoms with van der Waals surface area (Å²) in [6.07, 6.45) is 0. The lowest BCUT2D eigenvalue weighted by molar-refractivity contribution is 0.571. The van der Waals surface area contributed by atoms with Crippen molar-refractivity contribution in [3.63, 3.8) is 0 Å². The monoisotopic (exact) mass is 186 g/mol. The zero-order valence-electron chi connectivity index (χ0n) is 8.41. The molecule has 0 unspecified atom stereocenters. The number of rotatable bonds is 1. The van der Waals surface area contributed by atoms with Crippen molar-refractivity contribution in [2.24, 2.45) is 5.41 Å². The second kappa shape index (κ2) is 3.69. The lowest BCUT2D eigenvalue weighted by Gasteiger charge is -2.10. The normalized spacial score (nSPS) is 12.2. The van der Waals surface area contributed by atoms with Crippen LogP contribution in [0.15, 0.2) is 0 Å². The second-order valence-corrected chi connectivity index (χ2v) is 13.6. The summed E-state index contributed by atoms with van der Waals surface area (Å²) in [7, 11) is -1.01. The molecule has 0 bridgehead atoms. The summed E-state index contributed by atoms with van der Waals surface area (Å²) in [6.45, 7) is 13.4. The summed E-state index contributed by atoms with van der Waals surface area (Å²) >= 11 is 1.84. The molecule has 0 saturated heterocycles. The van der Waals surface area contributed by atoms with Crippen LogP contribution < -0.4 is 0 Å². The fourth-order valence-electron chi connectivity index (χ4n) is 0.332. The van der Waals surface area contributed by atoms with E-state index in [-0.39, 0.29) is 5.41 Å². The Labute approximate surface area is 75.8 Å². The fourth-order valence-corrected chi connectivity index (χ4v) is 2.07. The molecule has 0 fully saturated rings. The highest BCUT2D eigenvalue weighted by Crippen LogP contribution is 2.19. The third-order valence-corrected chi connectivity index (χ3v) is 3.74. The fraction of sp³-hybridized carbons (Fsp3) is 0.778. The SMILES string of the molecule is CC(C)(C)C#CS[Si](C)(C)C. The molecule has 0 atom stereocenters. The van der Waals surface area contributed by atoms with Gasteiger partial charge in [-0.2, -0.15) is 0 Å². The highest BCUT2D eigenvalue weighted by molar-refractivity contribution is 8.32.